The van der Waals surface area contributed by atoms with Crippen LogP contribution in [0.1, 0.15) is 38.5 Å². The zero-order valence-electron chi connectivity index (χ0n) is 11.9. The maximum atomic E-state index is 12.3. The molecule has 0 amide bonds. The molecule has 0 aromatic heterocycles. The monoisotopic (exact) mass is 280 g/mol. The van der Waals surface area contributed by atoms with Gasteiger partial charge < -0.3 is 9.47 Å². The van der Waals surface area contributed by atoms with Crippen LogP contribution >= 0.6 is 0 Å². The van der Waals surface area contributed by atoms with Crippen molar-refractivity contribution in [1.82, 2.24) is 0 Å². The molecule has 2 unspecified atom stereocenters. The van der Waals surface area contributed by atoms with E-state index in [0.717, 1.165) is 0 Å². The zero-order chi connectivity index (χ0) is 15.2. The first-order valence-corrected chi connectivity index (χ1v) is 6.65. The topological polar surface area (TPSA) is 69.7 Å². The number of ketones is 1. The summed E-state index contributed by atoms with van der Waals surface area (Å²) in [6, 6.07) is 0. The minimum Gasteiger partial charge on any atom is -0.469 e. The number of Topliss-reactive ketones (excluding diaryl/α,β-unsaturated/α-hetero) is 1. The summed E-state index contributed by atoms with van der Waals surface area (Å²) in [5.41, 5.74) is -1.24. The highest BCUT2D eigenvalue weighted by Gasteiger charge is 2.56. The summed E-state index contributed by atoms with van der Waals surface area (Å²) in [6.07, 6.45) is 7.40. The van der Waals surface area contributed by atoms with Gasteiger partial charge in [0.1, 0.15) is 11.2 Å². The summed E-state index contributed by atoms with van der Waals surface area (Å²) < 4.78 is 9.47. The summed E-state index contributed by atoms with van der Waals surface area (Å²) in [7, 11) is 2.54. The second-order valence-electron chi connectivity index (χ2n) is 4.96. The van der Waals surface area contributed by atoms with E-state index in [9.17, 15) is 14.4 Å². The molecule has 1 rings (SSSR count). The van der Waals surface area contributed by atoms with Crippen LogP contribution in [0.2, 0.25) is 0 Å². The van der Waals surface area contributed by atoms with Crippen LogP contribution in [0.5, 0.6) is 0 Å². The van der Waals surface area contributed by atoms with Crippen LogP contribution in [0.4, 0.5) is 0 Å². The van der Waals surface area contributed by atoms with Crippen LogP contribution < -0.4 is 0 Å². The summed E-state index contributed by atoms with van der Waals surface area (Å²) in [5.74, 6) is 0.982. The third-order valence-electron chi connectivity index (χ3n) is 4.00. The van der Waals surface area contributed by atoms with E-state index in [1.54, 1.807) is 0 Å². The van der Waals surface area contributed by atoms with Gasteiger partial charge in [-0.25, -0.2) is 0 Å². The van der Waals surface area contributed by atoms with Crippen molar-refractivity contribution in [2.45, 2.75) is 38.5 Å². The van der Waals surface area contributed by atoms with Gasteiger partial charge in [0.2, 0.25) is 0 Å². The number of esters is 2. The number of hydrogen-bond acceptors (Lipinski definition) is 5. The first-order chi connectivity index (χ1) is 9.52. The second-order valence-corrected chi connectivity index (χ2v) is 4.96. The summed E-state index contributed by atoms with van der Waals surface area (Å²) in [6.45, 7) is 0. The molecule has 110 valence electrons. The maximum absolute atomic E-state index is 12.3. The number of hydrogen-bond donors (Lipinski definition) is 0. The molecule has 5 heteroatoms. The van der Waals surface area contributed by atoms with E-state index < -0.39 is 17.4 Å². The quantitative estimate of drug-likeness (QED) is 0.319. The molecule has 0 aromatic rings. The molecule has 0 spiro atoms. The van der Waals surface area contributed by atoms with Crippen molar-refractivity contribution < 1.29 is 23.9 Å². The van der Waals surface area contributed by atoms with Gasteiger partial charge in [0, 0.05) is 19.3 Å². The smallest absolute Gasteiger partial charge is 0.319 e. The Labute approximate surface area is 119 Å². The highest BCUT2D eigenvalue weighted by molar-refractivity contribution is 6.06. The van der Waals surface area contributed by atoms with Crippen molar-refractivity contribution in [3.8, 4) is 12.3 Å². The molecule has 20 heavy (non-hydrogen) atoms. The van der Waals surface area contributed by atoms with Gasteiger partial charge in [-0.2, -0.15) is 0 Å². The van der Waals surface area contributed by atoms with Crippen LogP contribution in [0.15, 0.2) is 0 Å². The zero-order valence-corrected chi connectivity index (χ0v) is 11.9. The van der Waals surface area contributed by atoms with E-state index in [1.165, 1.54) is 14.2 Å². The number of carbonyl (C=O) groups excluding carboxylic acids is 3. The molecule has 1 saturated carbocycles. The lowest BCUT2D eigenvalue weighted by Gasteiger charge is -2.30. The fourth-order valence-electron chi connectivity index (χ4n) is 2.94. The van der Waals surface area contributed by atoms with E-state index in [-0.39, 0.29) is 24.5 Å². The Morgan fingerprint density at radius 3 is 2.65 bits per heavy atom. The molecule has 1 aliphatic carbocycles. The first kappa shape index (κ1) is 16.2. The minimum atomic E-state index is -1.24. The lowest BCUT2D eigenvalue weighted by Crippen LogP contribution is -2.42. The Hall–Kier alpha value is -1.83. The van der Waals surface area contributed by atoms with Gasteiger partial charge in [0.15, 0.2) is 0 Å². The fourth-order valence-corrected chi connectivity index (χ4v) is 2.94. The third kappa shape index (κ3) is 3.01. The summed E-state index contributed by atoms with van der Waals surface area (Å²) in [5, 5.41) is 0. The lowest BCUT2D eigenvalue weighted by atomic mass is 9.72. The molecule has 0 saturated heterocycles. The van der Waals surface area contributed by atoms with Crippen LogP contribution in [0.3, 0.4) is 0 Å². The van der Waals surface area contributed by atoms with Crippen LogP contribution in [0.25, 0.3) is 0 Å². The molecule has 0 radical (unpaired) electrons. The van der Waals surface area contributed by atoms with Crippen molar-refractivity contribution in [2.24, 2.45) is 11.3 Å². The number of ether oxygens (including phenoxy) is 2. The predicted molar refractivity (Wildman–Crippen MR) is 71.5 cm³/mol. The second kappa shape index (κ2) is 7.09. The Morgan fingerprint density at radius 2 is 2.10 bits per heavy atom. The van der Waals surface area contributed by atoms with E-state index >= 15 is 0 Å². The molecule has 1 fully saturated rings. The normalized spacial score (nSPS) is 25.1. The highest BCUT2D eigenvalue weighted by Crippen LogP contribution is 2.47. The average molecular weight is 280 g/mol. The minimum absolute atomic E-state index is 0.0490. The van der Waals surface area contributed by atoms with Gasteiger partial charge >= 0.3 is 11.9 Å². The number of methoxy groups -OCH3 is 2. The molecule has 0 aliphatic heterocycles. The van der Waals surface area contributed by atoms with Crippen molar-refractivity contribution in [3.63, 3.8) is 0 Å². The predicted octanol–water partition coefficient (Wildman–Crippen LogP) is 1.49. The Balaban J connectivity index is 3.01. The van der Waals surface area contributed by atoms with E-state index in [0.29, 0.717) is 25.7 Å². The van der Waals surface area contributed by atoms with Gasteiger partial charge in [0.25, 0.3) is 0 Å². The average Bonchev–Trinajstić information content (AvgIpc) is 2.76. The number of unbranched alkanes of at least 4 members (excludes halogenated alkanes) is 1. The number of carbonyl (C=O) groups is 3. The van der Waals surface area contributed by atoms with Gasteiger partial charge in [-0.3, -0.25) is 14.4 Å². The lowest BCUT2D eigenvalue weighted by molar-refractivity contribution is -0.161. The van der Waals surface area contributed by atoms with Gasteiger partial charge in [-0.15, -0.1) is 12.3 Å². The molecule has 2 atom stereocenters. The Morgan fingerprint density at radius 1 is 1.40 bits per heavy atom. The maximum Gasteiger partial charge on any atom is 0.319 e. The molecule has 1 aliphatic rings. The van der Waals surface area contributed by atoms with Crippen molar-refractivity contribution >= 4 is 17.7 Å². The van der Waals surface area contributed by atoms with Gasteiger partial charge in [0.05, 0.1) is 14.2 Å². The molecule has 5 nitrogen and oxygen atoms in total. The van der Waals surface area contributed by atoms with Gasteiger partial charge in [-0.1, -0.05) is 0 Å². The van der Waals surface area contributed by atoms with Gasteiger partial charge in [-0.05, 0) is 25.2 Å². The molecular weight excluding hydrogens is 260 g/mol. The molecule has 0 bridgehead atoms. The van der Waals surface area contributed by atoms with Crippen molar-refractivity contribution in [2.75, 3.05) is 14.2 Å². The van der Waals surface area contributed by atoms with Crippen LogP contribution in [-0.4, -0.2) is 31.9 Å². The number of terminal acetylenes is 1. The first-order valence-electron chi connectivity index (χ1n) is 6.65. The molecule has 0 heterocycles. The molecule has 0 N–H and O–H groups in total. The summed E-state index contributed by atoms with van der Waals surface area (Å²) >= 11 is 0. The standard InChI is InChI=1S/C15H20O5/c1-4-5-6-9-15(14(18)20-3)11(7-8-12(15)16)10-13(17)19-2/h1,11H,5-10H2,2-3H3. The molecule has 0 aromatic carbocycles. The Kier molecular flexibility index (Phi) is 5.75. The largest absolute Gasteiger partial charge is 0.469 e. The van der Waals surface area contributed by atoms with Crippen LogP contribution in [0, 0.1) is 23.7 Å². The van der Waals surface area contributed by atoms with E-state index in [2.05, 4.69) is 10.7 Å². The number of rotatable bonds is 6. The fraction of sp³-hybridized carbons (Fsp3) is 0.667. The van der Waals surface area contributed by atoms with Crippen molar-refractivity contribution in [3.05, 3.63) is 0 Å². The van der Waals surface area contributed by atoms with Crippen molar-refractivity contribution in [1.29, 1.82) is 0 Å². The van der Waals surface area contributed by atoms with E-state index in [4.69, 9.17) is 11.2 Å². The van der Waals surface area contributed by atoms with Crippen LogP contribution in [-0.2, 0) is 23.9 Å². The third-order valence-corrected chi connectivity index (χ3v) is 4.00. The highest BCUT2D eigenvalue weighted by atomic mass is 16.5. The SMILES string of the molecule is C#CCCCC1(C(=O)OC)C(=O)CCC1CC(=O)OC. The van der Waals surface area contributed by atoms with E-state index in [1.807, 2.05) is 0 Å². The summed E-state index contributed by atoms with van der Waals surface area (Å²) in [4.78, 5) is 35.9. The Bertz CT molecular complexity index is 434. The molecular formula is C15H20O5.